The first-order chi connectivity index (χ1) is 15.1. The zero-order valence-corrected chi connectivity index (χ0v) is 19.7. The number of methoxy groups -OCH3 is 1. The summed E-state index contributed by atoms with van der Waals surface area (Å²) in [5, 5.41) is -1.07. The van der Waals surface area contributed by atoms with Gasteiger partial charge in [0.05, 0.1) is 34.4 Å². The fourth-order valence-electron chi connectivity index (χ4n) is 4.59. The van der Waals surface area contributed by atoms with E-state index in [4.69, 9.17) is 4.74 Å². The van der Waals surface area contributed by atoms with Crippen LogP contribution in [0.2, 0.25) is 0 Å². The summed E-state index contributed by atoms with van der Waals surface area (Å²) in [4.78, 5) is 4.09. The lowest BCUT2D eigenvalue weighted by Crippen LogP contribution is -2.55. The van der Waals surface area contributed by atoms with Gasteiger partial charge in [0.1, 0.15) is 11.6 Å². The molecule has 174 valence electrons. The van der Waals surface area contributed by atoms with Crippen LogP contribution >= 0.6 is 0 Å². The van der Waals surface area contributed by atoms with Crippen molar-refractivity contribution in [3.8, 4) is 5.75 Å². The Morgan fingerprint density at radius 2 is 1.72 bits per heavy atom. The number of halogens is 1. The summed E-state index contributed by atoms with van der Waals surface area (Å²) in [5.41, 5.74) is 1.17. The first kappa shape index (κ1) is 23.0. The molecule has 0 N–H and O–H groups in total. The van der Waals surface area contributed by atoms with Gasteiger partial charge in [-0.1, -0.05) is 12.1 Å². The third kappa shape index (κ3) is 4.35. The lowest BCUT2D eigenvalue weighted by atomic mass is 10.1. The third-order valence-electron chi connectivity index (χ3n) is 6.34. The van der Waals surface area contributed by atoms with Crippen LogP contribution in [0.25, 0.3) is 0 Å². The number of sulfone groups is 2. The van der Waals surface area contributed by atoms with Crippen molar-refractivity contribution in [1.29, 1.82) is 0 Å². The Bertz CT molecular complexity index is 1210. The van der Waals surface area contributed by atoms with Crippen LogP contribution in [-0.4, -0.2) is 77.8 Å². The zero-order valence-electron chi connectivity index (χ0n) is 18.1. The molecule has 0 radical (unpaired) electrons. The molecule has 2 aliphatic rings. The second-order valence-corrected chi connectivity index (χ2v) is 12.7. The van der Waals surface area contributed by atoms with E-state index in [0.29, 0.717) is 26.2 Å². The molecule has 0 spiro atoms. The summed E-state index contributed by atoms with van der Waals surface area (Å²) in [6.07, 6.45) is 0. The Morgan fingerprint density at radius 3 is 2.38 bits per heavy atom. The second-order valence-electron chi connectivity index (χ2n) is 8.33. The molecule has 2 saturated heterocycles. The van der Waals surface area contributed by atoms with Crippen LogP contribution in [0.4, 0.5) is 10.1 Å². The molecule has 2 aliphatic heterocycles. The molecule has 7 nitrogen and oxygen atoms in total. The maximum atomic E-state index is 13.7. The van der Waals surface area contributed by atoms with E-state index >= 15 is 0 Å². The average Bonchev–Trinajstić information content (AvgIpc) is 3.12. The number of piperazine rings is 1. The summed E-state index contributed by atoms with van der Waals surface area (Å²) in [7, 11) is -5.84. The molecule has 0 bridgehead atoms. The van der Waals surface area contributed by atoms with Crippen molar-refractivity contribution in [2.45, 2.75) is 23.1 Å². The van der Waals surface area contributed by atoms with Crippen LogP contribution in [0.15, 0.2) is 47.4 Å². The molecule has 0 amide bonds. The molecule has 2 fully saturated rings. The van der Waals surface area contributed by atoms with Crippen molar-refractivity contribution >= 4 is 25.4 Å². The SMILES string of the molecule is COc1ccccc1N1CCN([C@@H]2CS(=O)(=O)C[C@H]2S(=O)(=O)c2ccc(F)c(C)c2)CC1. The van der Waals surface area contributed by atoms with Crippen molar-refractivity contribution in [2.75, 3.05) is 49.7 Å². The highest BCUT2D eigenvalue weighted by Crippen LogP contribution is 2.32. The van der Waals surface area contributed by atoms with E-state index < -0.39 is 42.5 Å². The van der Waals surface area contributed by atoms with Gasteiger partial charge in [-0.15, -0.1) is 0 Å². The average molecular weight is 483 g/mol. The lowest BCUT2D eigenvalue weighted by Gasteiger charge is -2.40. The van der Waals surface area contributed by atoms with Gasteiger partial charge in [-0.05, 0) is 42.8 Å². The van der Waals surface area contributed by atoms with Gasteiger partial charge in [-0.25, -0.2) is 21.2 Å². The Labute approximate surface area is 188 Å². The van der Waals surface area contributed by atoms with Crippen LogP contribution in [0.3, 0.4) is 0 Å². The van der Waals surface area contributed by atoms with Gasteiger partial charge in [-0.3, -0.25) is 4.90 Å². The molecule has 2 atom stereocenters. The monoisotopic (exact) mass is 482 g/mol. The summed E-state index contributed by atoms with van der Waals surface area (Å²) in [6.45, 7) is 3.81. The van der Waals surface area contributed by atoms with Crippen molar-refractivity contribution in [3.63, 3.8) is 0 Å². The molecule has 0 saturated carbocycles. The second kappa shape index (κ2) is 8.64. The van der Waals surface area contributed by atoms with E-state index in [9.17, 15) is 21.2 Å². The molecule has 2 aromatic carbocycles. The minimum atomic E-state index is -3.94. The van der Waals surface area contributed by atoms with Crippen LogP contribution in [0, 0.1) is 12.7 Å². The number of rotatable bonds is 5. The zero-order chi connectivity index (χ0) is 23.1. The van der Waals surface area contributed by atoms with Gasteiger partial charge >= 0.3 is 0 Å². The van der Waals surface area contributed by atoms with Gasteiger partial charge in [0, 0.05) is 32.2 Å². The fraction of sp³-hybridized carbons (Fsp3) is 0.455. The summed E-state index contributed by atoms with van der Waals surface area (Å²) in [5.74, 6) is -0.335. The standard InChI is InChI=1S/C22H27FN2O5S2/c1-16-13-17(7-8-18(16)23)32(28,29)22-15-31(26,27)14-20(22)25-11-9-24(10-12-25)19-5-3-4-6-21(19)30-2/h3-8,13,20,22H,9-12,14-15H2,1-2H3/t20-,22-/m1/s1. The van der Waals surface area contributed by atoms with Gasteiger partial charge in [0.25, 0.3) is 0 Å². The normalized spacial score (nSPS) is 23.9. The maximum absolute atomic E-state index is 13.7. The molecule has 10 heteroatoms. The van der Waals surface area contributed by atoms with E-state index in [2.05, 4.69) is 4.90 Å². The Hall–Kier alpha value is -2.17. The van der Waals surface area contributed by atoms with E-state index in [1.807, 2.05) is 29.2 Å². The van der Waals surface area contributed by atoms with Crippen molar-refractivity contribution < 1.29 is 26.0 Å². The molecular weight excluding hydrogens is 455 g/mol. The minimum absolute atomic E-state index is 0.0313. The number of ether oxygens (including phenoxy) is 1. The Balaban J connectivity index is 1.56. The van der Waals surface area contributed by atoms with Gasteiger partial charge < -0.3 is 9.64 Å². The molecular formula is C22H27FN2O5S2. The van der Waals surface area contributed by atoms with Crippen molar-refractivity contribution in [3.05, 3.63) is 53.8 Å². The first-order valence-corrected chi connectivity index (χ1v) is 13.8. The minimum Gasteiger partial charge on any atom is -0.495 e. The van der Waals surface area contributed by atoms with E-state index in [0.717, 1.165) is 17.5 Å². The van der Waals surface area contributed by atoms with E-state index in [1.54, 1.807) is 7.11 Å². The predicted octanol–water partition coefficient (Wildman–Crippen LogP) is 1.90. The number of hydrogen-bond donors (Lipinski definition) is 0. The topological polar surface area (TPSA) is 84.0 Å². The van der Waals surface area contributed by atoms with E-state index in [1.165, 1.54) is 19.1 Å². The highest BCUT2D eigenvalue weighted by atomic mass is 32.2. The molecule has 0 aliphatic carbocycles. The molecule has 0 unspecified atom stereocenters. The largest absolute Gasteiger partial charge is 0.495 e. The molecule has 4 rings (SSSR count). The number of aryl methyl sites for hydroxylation is 1. The van der Waals surface area contributed by atoms with Gasteiger partial charge in [-0.2, -0.15) is 0 Å². The van der Waals surface area contributed by atoms with Crippen LogP contribution in [-0.2, 0) is 19.7 Å². The summed E-state index contributed by atoms with van der Waals surface area (Å²) in [6, 6.07) is 10.7. The third-order valence-corrected chi connectivity index (χ3v) is 10.5. The summed E-state index contributed by atoms with van der Waals surface area (Å²) < 4.78 is 70.8. The highest BCUT2D eigenvalue weighted by Gasteiger charge is 2.48. The maximum Gasteiger partial charge on any atom is 0.183 e. The summed E-state index contributed by atoms with van der Waals surface area (Å²) >= 11 is 0. The molecule has 2 aromatic rings. The Kier molecular flexibility index (Phi) is 6.21. The smallest absolute Gasteiger partial charge is 0.183 e. The van der Waals surface area contributed by atoms with E-state index in [-0.39, 0.29) is 16.2 Å². The quantitative estimate of drug-likeness (QED) is 0.602. The fourth-order valence-corrected chi connectivity index (χ4v) is 9.50. The lowest BCUT2D eigenvalue weighted by molar-refractivity contribution is 0.201. The number of benzene rings is 2. The molecule has 32 heavy (non-hydrogen) atoms. The predicted molar refractivity (Wildman–Crippen MR) is 121 cm³/mol. The molecule has 0 aromatic heterocycles. The van der Waals surface area contributed by atoms with Crippen molar-refractivity contribution in [1.82, 2.24) is 4.90 Å². The van der Waals surface area contributed by atoms with Crippen molar-refractivity contribution in [2.24, 2.45) is 0 Å². The Morgan fingerprint density at radius 1 is 1.03 bits per heavy atom. The number of hydrogen-bond acceptors (Lipinski definition) is 7. The van der Waals surface area contributed by atoms with Crippen LogP contribution in [0.1, 0.15) is 5.56 Å². The number of anilines is 1. The number of nitrogens with zero attached hydrogens (tertiary/aromatic N) is 2. The first-order valence-electron chi connectivity index (χ1n) is 10.4. The van der Waals surface area contributed by atoms with Gasteiger partial charge in [0.2, 0.25) is 0 Å². The highest BCUT2D eigenvalue weighted by molar-refractivity contribution is 7.96. The van der Waals surface area contributed by atoms with Crippen LogP contribution in [0.5, 0.6) is 5.75 Å². The number of para-hydroxylation sites is 2. The molecule has 2 heterocycles. The van der Waals surface area contributed by atoms with Crippen LogP contribution < -0.4 is 9.64 Å². The van der Waals surface area contributed by atoms with Gasteiger partial charge in [0.15, 0.2) is 19.7 Å².